The second-order valence-corrected chi connectivity index (χ2v) is 8.81. The second-order valence-electron chi connectivity index (χ2n) is 8.81. The molecule has 1 saturated carbocycles. The van der Waals surface area contributed by atoms with Crippen molar-refractivity contribution < 1.29 is 19.6 Å². The van der Waals surface area contributed by atoms with Crippen LogP contribution in [-0.2, 0) is 19.6 Å². The zero-order valence-electron chi connectivity index (χ0n) is 16.4. The van der Waals surface area contributed by atoms with Crippen molar-refractivity contribution in [2.45, 2.75) is 117 Å². The van der Waals surface area contributed by atoms with Gasteiger partial charge in [0.05, 0.1) is 11.2 Å². The molecule has 1 unspecified atom stereocenters. The monoisotopic (exact) mass is 330 g/mol. The molecule has 0 spiro atoms. The summed E-state index contributed by atoms with van der Waals surface area (Å²) < 4.78 is 0. The normalized spacial score (nSPS) is 22.3. The van der Waals surface area contributed by atoms with Crippen molar-refractivity contribution in [3.63, 3.8) is 0 Å². The van der Waals surface area contributed by atoms with Gasteiger partial charge in [-0.3, -0.25) is 0 Å². The zero-order chi connectivity index (χ0) is 17.6. The van der Waals surface area contributed by atoms with Gasteiger partial charge in [0.25, 0.3) is 0 Å². The van der Waals surface area contributed by atoms with Gasteiger partial charge in [-0.1, -0.05) is 32.6 Å². The highest BCUT2D eigenvalue weighted by atomic mass is 17.3. The van der Waals surface area contributed by atoms with Crippen LogP contribution in [0.3, 0.4) is 0 Å². The van der Waals surface area contributed by atoms with Crippen LogP contribution in [0.4, 0.5) is 0 Å². The third-order valence-electron chi connectivity index (χ3n) is 3.97. The first-order valence-corrected chi connectivity index (χ1v) is 9.32. The Morgan fingerprint density at radius 2 is 1.43 bits per heavy atom. The first-order valence-electron chi connectivity index (χ1n) is 9.32. The maximum atomic E-state index is 5.93. The lowest BCUT2D eigenvalue weighted by Crippen LogP contribution is -2.48. The van der Waals surface area contributed by atoms with E-state index in [0.29, 0.717) is 5.92 Å². The highest BCUT2D eigenvalue weighted by Gasteiger charge is 2.47. The van der Waals surface area contributed by atoms with E-state index in [2.05, 4.69) is 6.92 Å². The zero-order valence-corrected chi connectivity index (χ0v) is 16.4. The fraction of sp³-hybridized carbons (Fsp3) is 1.00. The van der Waals surface area contributed by atoms with E-state index in [9.17, 15) is 0 Å². The Balaban J connectivity index is 2.83. The van der Waals surface area contributed by atoms with Crippen LogP contribution in [0, 0.1) is 5.92 Å². The van der Waals surface area contributed by atoms with Gasteiger partial charge in [0.15, 0.2) is 0 Å². The van der Waals surface area contributed by atoms with Crippen molar-refractivity contribution in [3.8, 4) is 0 Å². The topological polar surface area (TPSA) is 36.9 Å². The van der Waals surface area contributed by atoms with E-state index >= 15 is 0 Å². The molecule has 0 aromatic rings. The third-order valence-corrected chi connectivity index (χ3v) is 3.97. The summed E-state index contributed by atoms with van der Waals surface area (Å²) in [6.07, 6.45) is 8.96. The Morgan fingerprint density at radius 3 is 1.91 bits per heavy atom. The van der Waals surface area contributed by atoms with Gasteiger partial charge in [0.2, 0.25) is 5.79 Å². The molecule has 0 aliphatic heterocycles. The number of hydrogen-bond donors (Lipinski definition) is 0. The maximum absolute atomic E-state index is 5.93. The molecule has 4 heteroatoms. The van der Waals surface area contributed by atoms with Crippen molar-refractivity contribution in [1.82, 2.24) is 0 Å². The first-order chi connectivity index (χ1) is 10.6. The van der Waals surface area contributed by atoms with Crippen molar-refractivity contribution in [3.05, 3.63) is 0 Å². The smallest absolute Gasteiger partial charge is 0.228 e. The molecule has 4 nitrogen and oxygen atoms in total. The molecule has 0 N–H and O–H groups in total. The van der Waals surface area contributed by atoms with E-state index in [4.69, 9.17) is 19.6 Å². The minimum atomic E-state index is -0.785. The summed E-state index contributed by atoms with van der Waals surface area (Å²) >= 11 is 0. The van der Waals surface area contributed by atoms with Crippen LogP contribution < -0.4 is 0 Å². The Labute approximate surface area is 143 Å². The minimum absolute atomic E-state index is 0.312. The van der Waals surface area contributed by atoms with E-state index < -0.39 is 5.79 Å². The molecular formula is C19H38O4. The number of rotatable bonds is 8. The molecular weight excluding hydrogens is 292 g/mol. The largest absolute Gasteiger partial charge is 0.236 e. The van der Waals surface area contributed by atoms with Gasteiger partial charge in [-0.2, -0.15) is 9.78 Å². The summed E-state index contributed by atoms with van der Waals surface area (Å²) in [6, 6.07) is 0. The predicted molar refractivity (Wildman–Crippen MR) is 92.7 cm³/mol. The lowest BCUT2D eigenvalue weighted by atomic mass is 9.80. The molecule has 0 radical (unpaired) electrons. The van der Waals surface area contributed by atoms with Crippen molar-refractivity contribution >= 4 is 0 Å². The van der Waals surface area contributed by atoms with Gasteiger partial charge < -0.3 is 0 Å². The van der Waals surface area contributed by atoms with Gasteiger partial charge >= 0.3 is 0 Å². The fourth-order valence-corrected chi connectivity index (χ4v) is 2.82. The molecule has 0 heterocycles. The van der Waals surface area contributed by atoms with Gasteiger partial charge in [-0.25, -0.2) is 9.78 Å². The molecule has 1 fully saturated rings. The molecule has 0 saturated heterocycles. The van der Waals surface area contributed by atoms with Crippen LogP contribution in [0.5, 0.6) is 0 Å². The summed E-state index contributed by atoms with van der Waals surface area (Å²) in [5.41, 5.74) is -0.743. The van der Waals surface area contributed by atoms with Crippen LogP contribution in [0.15, 0.2) is 0 Å². The van der Waals surface area contributed by atoms with E-state index in [1.54, 1.807) is 0 Å². The lowest BCUT2D eigenvalue weighted by Gasteiger charge is -2.43. The predicted octanol–water partition coefficient (Wildman–Crippen LogP) is 5.95. The Bertz CT molecular complexity index is 309. The summed E-state index contributed by atoms with van der Waals surface area (Å²) in [7, 11) is 0. The minimum Gasteiger partial charge on any atom is -0.228 e. The fourth-order valence-electron chi connectivity index (χ4n) is 2.82. The molecule has 0 aromatic heterocycles. The Hall–Kier alpha value is -0.160. The SMILES string of the molecule is CCCCCC1CCCCC1(OOC(C)(C)C)OOC(C)(C)C. The molecule has 1 aliphatic carbocycles. The molecule has 0 amide bonds. The van der Waals surface area contributed by atoms with Gasteiger partial charge in [0, 0.05) is 12.3 Å². The van der Waals surface area contributed by atoms with Crippen LogP contribution in [0.1, 0.15) is 99.8 Å². The maximum Gasteiger partial charge on any atom is 0.236 e. The van der Waals surface area contributed by atoms with Crippen molar-refractivity contribution in [2.75, 3.05) is 0 Å². The van der Waals surface area contributed by atoms with Gasteiger partial charge in [-0.05, 0) is 60.8 Å². The number of unbranched alkanes of at least 4 members (excludes halogenated alkanes) is 2. The molecule has 1 atom stereocenters. The molecule has 0 aromatic carbocycles. The van der Waals surface area contributed by atoms with E-state index in [1.807, 2.05) is 41.5 Å². The molecule has 1 rings (SSSR count). The molecule has 1 aliphatic rings. The van der Waals surface area contributed by atoms with Crippen LogP contribution in [0.2, 0.25) is 0 Å². The van der Waals surface area contributed by atoms with Crippen LogP contribution >= 0.6 is 0 Å². The van der Waals surface area contributed by atoms with Crippen molar-refractivity contribution in [2.24, 2.45) is 5.92 Å². The Morgan fingerprint density at radius 1 is 0.870 bits per heavy atom. The second kappa shape index (κ2) is 8.80. The van der Waals surface area contributed by atoms with E-state index in [1.165, 1.54) is 25.7 Å². The molecule has 23 heavy (non-hydrogen) atoms. The number of hydrogen-bond acceptors (Lipinski definition) is 4. The first kappa shape index (κ1) is 20.9. The highest BCUT2D eigenvalue weighted by Crippen LogP contribution is 2.42. The third kappa shape index (κ3) is 7.97. The summed E-state index contributed by atoms with van der Waals surface area (Å²) in [5.74, 6) is -0.473. The lowest BCUT2D eigenvalue weighted by molar-refractivity contribution is -0.556. The van der Waals surface area contributed by atoms with Crippen LogP contribution in [0.25, 0.3) is 0 Å². The molecule has 0 bridgehead atoms. The average molecular weight is 331 g/mol. The average Bonchev–Trinajstić information content (AvgIpc) is 2.43. The van der Waals surface area contributed by atoms with Crippen LogP contribution in [-0.4, -0.2) is 17.0 Å². The quantitative estimate of drug-likeness (QED) is 0.239. The molecule has 138 valence electrons. The summed E-state index contributed by atoms with van der Waals surface area (Å²) in [6.45, 7) is 14.1. The standard InChI is InChI=1S/C19H38O4/c1-8-9-10-13-16-14-11-12-15-19(16,22-20-17(2,3)4)23-21-18(5,6)7/h16H,8-15H2,1-7H3. The van der Waals surface area contributed by atoms with Gasteiger partial charge in [-0.15, -0.1) is 0 Å². The highest BCUT2D eigenvalue weighted by molar-refractivity contribution is 4.83. The van der Waals surface area contributed by atoms with Gasteiger partial charge in [0.1, 0.15) is 0 Å². The van der Waals surface area contributed by atoms with E-state index in [0.717, 1.165) is 25.7 Å². The van der Waals surface area contributed by atoms with Crippen molar-refractivity contribution in [1.29, 1.82) is 0 Å². The summed E-state index contributed by atoms with van der Waals surface area (Å²) in [5, 5.41) is 0. The van der Waals surface area contributed by atoms with E-state index in [-0.39, 0.29) is 11.2 Å². The Kier molecular flexibility index (Phi) is 7.99. The summed E-state index contributed by atoms with van der Waals surface area (Å²) in [4.78, 5) is 23.2.